The summed E-state index contributed by atoms with van der Waals surface area (Å²) in [5.41, 5.74) is 21.0. The zero-order chi connectivity index (χ0) is 27.1. The largest absolute Gasteiger partial charge is 0.481 e. The Balaban J connectivity index is 5.56. The van der Waals surface area contributed by atoms with E-state index in [1.165, 1.54) is 0 Å². The van der Waals surface area contributed by atoms with E-state index < -0.39 is 85.6 Å². The minimum atomic E-state index is -1.64. The average Bonchev–Trinajstić information content (AvgIpc) is 2.76. The minimum absolute atomic E-state index is 0.0478. The van der Waals surface area contributed by atoms with Gasteiger partial charge >= 0.3 is 11.9 Å². The molecule has 198 valence electrons. The molecule has 0 rings (SSSR count). The molecule has 4 atom stereocenters. The molecule has 0 aliphatic heterocycles. The van der Waals surface area contributed by atoms with E-state index in [1.54, 1.807) is 0 Å². The molecule has 4 amide bonds. The molecule has 0 heterocycles. The molecule has 17 nitrogen and oxygen atoms in total. The molecule has 0 saturated heterocycles. The van der Waals surface area contributed by atoms with E-state index in [4.69, 9.17) is 33.1 Å². The fourth-order valence-electron chi connectivity index (χ4n) is 2.61. The standard InChI is InChI=1S/C18H32N8O9/c19-8(7-27)14(31)24-9(2-1-5-23-18(21)22)15(32)26-11(6-12(20)28)16(33)25-10(17(34)35)3-4-13(29)30/h8-11,27H,1-7,19H2,(H2,20,28)(H,24,31)(H,25,33)(H,26,32)(H,29,30)(H,34,35)(H4,21,22,23). The van der Waals surface area contributed by atoms with Gasteiger partial charge in [0.1, 0.15) is 24.2 Å². The molecule has 0 fully saturated rings. The molecule has 0 aromatic heterocycles. The summed E-state index contributed by atoms with van der Waals surface area (Å²) in [7, 11) is 0. The Hall–Kier alpha value is -3.99. The normalized spacial score (nSPS) is 13.9. The number of guanidine groups is 1. The summed E-state index contributed by atoms with van der Waals surface area (Å²) >= 11 is 0. The first-order valence-corrected chi connectivity index (χ1v) is 10.3. The number of aliphatic carboxylic acids is 2. The molecule has 0 spiro atoms. The van der Waals surface area contributed by atoms with Gasteiger partial charge in [0.25, 0.3) is 0 Å². The SMILES string of the molecule is NC(=O)CC(NC(=O)C(CCCN=C(N)N)NC(=O)C(N)CO)C(=O)NC(CCC(=O)O)C(=O)O. The van der Waals surface area contributed by atoms with Crippen LogP contribution in [0, 0.1) is 0 Å². The van der Waals surface area contributed by atoms with Crippen LogP contribution in [-0.4, -0.2) is 94.2 Å². The van der Waals surface area contributed by atoms with Crippen LogP contribution < -0.4 is 38.9 Å². The van der Waals surface area contributed by atoms with Gasteiger partial charge < -0.3 is 54.2 Å². The van der Waals surface area contributed by atoms with Crippen LogP contribution in [0.5, 0.6) is 0 Å². The monoisotopic (exact) mass is 504 g/mol. The van der Waals surface area contributed by atoms with E-state index in [-0.39, 0.29) is 25.3 Å². The molecule has 0 aromatic carbocycles. The number of amides is 4. The van der Waals surface area contributed by atoms with Crippen molar-refractivity contribution in [2.45, 2.75) is 56.3 Å². The van der Waals surface area contributed by atoms with E-state index in [2.05, 4.69) is 15.6 Å². The van der Waals surface area contributed by atoms with Gasteiger partial charge in [-0.3, -0.25) is 29.0 Å². The van der Waals surface area contributed by atoms with Crippen molar-refractivity contribution in [3.63, 3.8) is 0 Å². The van der Waals surface area contributed by atoms with Gasteiger partial charge in [-0.1, -0.05) is 0 Å². The van der Waals surface area contributed by atoms with Gasteiger partial charge in [0, 0.05) is 13.0 Å². The number of hydrogen-bond donors (Lipinski definition) is 10. The van der Waals surface area contributed by atoms with Gasteiger partial charge in [0.05, 0.1) is 13.0 Å². The number of aliphatic imine (C=N–C) groups is 1. The molecule has 0 saturated carbocycles. The maximum Gasteiger partial charge on any atom is 0.326 e. The molecule has 0 radical (unpaired) electrons. The van der Waals surface area contributed by atoms with Gasteiger partial charge in [-0.05, 0) is 19.3 Å². The van der Waals surface area contributed by atoms with Crippen molar-refractivity contribution in [2.24, 2.45) is 27.9 Å². The summed E-state index contributed by atoms with van der Waals surface area (Å²) in [6, 6.07) is -5.92. The van der Waals surface area contributed by atoms with Gasteiger partial charge in [0.15, 0.2) is 5.96 Å². The van der Waals surface area contributed by atoms with Crippen LogP contribution in [-0.2, 0) is 28.8 Å². The predicted octanol–water partition coefficient (Wildman–Crippen LogP) is -5.36. The topological polar surface area (TPSA) is 316 Å². The maximum atomic E-state index is 12.8. The average molecular weight is 505 g/mol. The third-order valence-corrected chi connectivity index (χ3v) is 4.41. The first-order valence-electron chi connectivity index (χ1n) is 10.3. The van der Waals surface area contributed by atoms with E-state index >= 15 is 0 Å². The highest BCUT2D eigenvalue weighted by Gasteiger charge is 2.31. The zero-order valence-electron chi connectivity index (χ0n) is 18.8. The molecule has 4 unspecified atom stereocenters. The Morgan fingerprint density at radius 2 is 1.34 bits per heavy atom. The summed E-state index contributed by atoms with van der Waals surface area (Å²) in [5, 5.41) is 33.5. The number of aliphatic hydroxyl groups excluding tert-OH is 1. The van der Waals surface area contributed by atoms with Crippen LogP contribution in [0.1, 0.15) is 32.1 Å². The lowest BCUT2D eigenvalue weighted by atomic mass is 10.1. The van der Waals surface area contributed by atoms with E-state index in [1.807, 2.05) is 5.32 Å². The second-order valence-corrected chi connectivity index (χ2v) is 7.36. The number of carbonyl (C=O) groups excluding carboxylic acids is 4. The maximum absolute atomic E-state index is 12.8. The van der Waals surface area contributed by atoms with Crippen molar-refractivity contribution in [3.05, 3.63) is 0 Å². The Morgan fingerprint density at radius 3 is 1.83 bits per heavy atom. The summed E-state index contributed by atoms with van der Waals surface area (Å²) in [6.45, 7) is -0.628. The number of aliphatic hydroxyl groups is 1. The molecule has 14 N–H and O–H groups in total. The van der Waals surface area contributed by atoms with Crippen LogP contribution in [0.25, 0.3) is 0 Å². The molecule has 17 heteroatoms. The van der Waals surface area contributed by atoms with E-state index in [0.29, 0.717) is 0 Å². The van der Waals surface area contributed by atoms with Crippen molar-refractivity contribution in [2.75, 3.05) is 13.2 Å². The summed E-state index contributed by atoms with van der Waals surface area (Å²) in [6.07, 6.45) is -1.62. The van der Waals surface area contributed by atoms with Crippen LogP contribution in [0.4, 0.5) is 0 Å². The van der Waals surface area contributed by atoms with Crippen LogP contribution in [0.3, 0.4) is 0 Å². The quantitative estimate of drug-likeness (QED) is 0.0504. The van der Waals surface area contributed by atoms with Gasteiger partial charge in [-0.25, -0.2) is 4.79 Å². The van der Waals surface area contributed by atoms with Crippen molar-refractivity contribution in [1.29, 1.82) is 0 Å². The number of nitrogens with one attached hydrogen (secondary N) is 3. The van der Waals surface area contributed by atoms with Crippen molar-refractivity contribution < 1.29 is 44.1 Å². The first-order chi connectivity index (χ1) is 16.3. The fourth-order valence-corrected chi connectivity index (χ4v) is 2.61. The highest BCUT2D eigenvalue weighted by molar-refractivity contribution is 5.96. The van der Waals surface area contributed by atoms with Crippen molar-refractivity contribution in [3.8, 4) is 0 Å². The number of carbonyl (C=O) groups is 6. The van der Waals surface area contributed by atoms with Crippen LogP contribution in [0.15, 0.2) is 4.99 Å². The lowest BCUT2D eigenvalue weighted by Gasteiger charge is -2.24. The molecule has 0 bridgehead atoms. The predicted molar refractivity (Wildman–Crippen MR) is 119 cm³/mol. The smallest absolute Gasteiger partial charge is 0.326 e. The molecule has 0 aliphatic carbocycles. The highest BCUT2D eigenvalue weighted by Crippen LogP contribution is 2.04. The number of hydrogen-bond acceptors (Lipinski definition) is 9. The second-order valence-electron chi connectivity index (χ2n) is 7.36. The highest BCUT2D eigenvalue weighted by atomic mass is 16.4. The lowest BCUT2D eigenvalue weighted by Crippen LogP contribution is -2.58. The fraction of sp³-hybridized carbons (Fsp3) is 0.611. The third-order valence-electron chi connectivity index (χ3n) is 4.41. The first kappa shape index (κ1) is 31.0. The lowest BCUT2D eigenvalue weighted by molar-refractivity contribution is -0.143. The number of nitrogens with two attached hydrogens (primary N) is 4. The second kappa shape index (κ2) is 15.8. The summed E-state index contributed by atoms with van der Waals surface area (Å²) in [5.74, 6) is -7.01. The number of carboxylic acid groups (broad SMARTS) is 2. The van der Waals surface area contributed by atoms with Crippen molar-refractivity contribution >= 4 is 41.5 Å². The van der Waals surface area contributed by atoms with Gasteiger partial charge in [0.2, 0.25) is 23.6 Å². The zero-order valence-corrected chi connectivity index (χ0v) is 18.8. The Labute approximate surface area is 199 Å². The van der Waals surface area contributed by atoms with E-state index in [9.17, 15) is 33.9 Å². The van der Waals surface area contributed by atoms with Crippen LogP contribution in [0.2, 0.25) is 0 Å². The van der Waals surface area contributed by atoms with Gasteiger partial charge in [-0.15, -0.1) is 0 Å². The number of rotatable bonds is 17. The molecular weight excluding hydrogens is 472 g/mol. The molecule has 35 heavy (non-hydrogen) atoms. The Kier molecular flexibility index (Phi) is 14.0. The Morgan fingerprint density at radius 1 is 0.800 bits per heavy atom. The number of nitrogens with zero attached hydrogens (tertiary/aromatic N) is 1. The molecular formula is C18H32N8O9. The Bertz CT molecular complexity index is 816. The number of primary amides is 1. The molecule has 0 aromatic rings. The van der Waals surface area contributed by atoms with Crippen molar-refractivity contribution in [1.82, 2.24) is 16.0 Å². The number of carboxylic acids is 2. The summed E-state index contributed by atoms with van der Waals surface area (Å²) < 4.78 is 0. The minimum Gasteiger partial charge on any atom is -0.481 e. The summed E-state index contributed by atoms with van der Waals surface area (Å²) in [4.78, 5) is 74.7. The third kappa shape index (κ3) is 13.3. The van der Waals surface area contributed by atoms with E-state index in [0.717, 1.165) is 0 Å². The van der Waals surface area contributed by atoms with Crippen LogP contribution >= 0.6 is 0 Å². The molecule has 0 aliphatic rings. The van der Waals surface area contributed by atoms with Gasteiger partial charge in [-0.2, -0.15) is 0 Å².